The molecule has 1 saturated heterocycles. The number of carbonyl (C=O) groups excluding carboxylic acids is 1. The molecule has 0 N–H and O–H groups in total. The lowest BCUT2D eigenvalue weighted by Crippen LogP contribution is -2.28. The van der Waals surface area contributed by atoms with Crippen LogP contribution in [0.1, 0.15) is 28.8 Å². The summed E-state index contributed by atoms with van der Waals surface area (Å²) in [6.07, 6.45) is 5.82. The Morgan fingerprint density at radius 2 is 1.76 bits per heavy atom. The SMILES string of the molecule is CN(Cc1ccccc1N1CCCC1)C(=O)c1ccc(Oc2cccnc2)cc1. The summed E-state index contributed by atoms with van der Waals surface area (Å²) in [5, 5.41) is 0. The van der Waals surface area contributed by atoms with Gasteiger partial charge in [-0.05, 0) is 60.9 Å². The molecule has 3 aromatic rings. The second-order valence-corrected chi connectivity index (χ2v) is 7.30. The van der Waals surface area contributed by atoms with Gasteiger partial charge in [-0.3, -0.25) is 9.78 Å². The van der Waals surface area contributed by atoms with Crippen LogP contribution in [0.25, 0.3) is 0 Å². The molecule has 0 saturated carbocycles. The second-order valence-electron chi connectivity index (χ2n) is 7.30. The van der Waals surface area contributed by atoms with Crippen molar-refractivity contribution < 1.29 is 9.53 Å². The minimum absolute atomic E-state index is 0.00541. The van der Waals surface area contributed by atoms with Crippen molar-refractivity contribution in [1.82, 2.24) is 9.88 Å². The van der Waals surface area contributed by atoms with Crippen LogP contribution in [-0.2, 0) is 6.54 Å². The molecule has 0 bridgehead atoms. The number of amides is 1. The molecule has 0 spiro atoms. The number of hydrogen-bond acceptors (Lipinski definition) is 4. The molecule has 1 aromatic heterocycles. The summed E-state index contributed by atoms with van der Waals surface area (Å²) in [5.41, 5.74) is 3.07. The van der Waals surface area contributed by atoms with Crippen LogP contribution in [0.3, 0.4) is 0 Å². The van der Waals surface area contributed by atoms with Crippen LogP contribution in [-0.4, -0.2) is 35.9 Å². The molecule has 5 nitrogen and oxygen atoms in total. The number of ether oxygens (including phenoxy) is 1. The fourth-order valence-corrected chi connectivity index (χ4v) is 3.67. The van der Waals surface area contributed by atoms with Gasteiger partial charge in [-0.2, -0.15) is 0 Å². The number of pyridine rings is 1. The summed E-state index contributed by atoms with van der Waals surface area (Å²) in [5.74, 6) is 1.34. The molecule has 5 heteroatoms. The van der Waals surface area contributed by atoms with Gasteiger partial charge in [-0.25, -0.2) is 0 Å². The van der Waals surface area contributed by atoms with Crippen LogP contribution in [0.4, 0.5) is 5.69 Å². The van der Waals surface area contributed by atoms with Gasteiger partial charge in [0.2, 0.25) is 0 Å². The fraction of sp³-hybridized carbons (Fsp3) is 0.250. The lowest BCUT2D eigenvalue weighted by molar-refractivity contribution is 0.0785. The van der Waals surface area contributed by atoms with E-state index in [-0.39, 0.29) is 5.91 Å². The zero-order valence-corrected chi connectivity index (χ0v) is 16.6. The largest absolute Gasteiger partial charge is 0.456 e. The fourth-order valence-electron chi connectivity index (χ4n) is 3.67. The van der Waals surface area contributed by atoms with E-state index in [1.54, 1.807) is 29.4 Å². The number of rotatable bonds is 6. The summed E-state index contributed by atoms with van der Waals surface area (Å²) < 4.78 is 5.75. The Labute approximate surface area is 171 Å². The number of aromatic nitrogens is 1. The van der Waals surface area contributed by atoms with Crippen molar-refractivity contribution in [3.63, 3.8) is 0 Å². The Balaban J connectivity index is 1.43. The normalized spacial score (nSPS) is 13.3. The molecule has 2 aromatic carbocycles. The number of para-hydroxylation sites is 1. The van der Waals surface area contributed by atoms with E-state index in [0.717, 1.165) is 13.1 Å². The minimum atomic E-state index is -0.00541. The first-order valence-corrected chi connectivity index (χ1v) is 9.97. The Morgan fingerprint density at radius 1 is 1.00 bits per heavy atom. The first-order chi connectivity index (χ1) is 14.2. The van der Waals surface area contributed by atoms with E-state index >= 15 is 0 Å². The van der Waals surface area contributed by atoms with Crippen LogP contribution in [0.2, 0.25) is 0 Å². The van der Waals surface area contributed by atoms with Crippen molar-refractivity contribution in [3.8, 4) is 11.5 Å². The highest BCUT2D eigenvalue weighted by Crippen LogP contribution is 2.26. The summed E-state index contributed by atoms with van der Waals surface area (Å²) in [6, 6.07) is 19.3. The number of benzene rings is 2. The van der Waals surface area contributed by atoms with E-state index in [1.807, 2.05) is 37.4 Å². The van der Waals surface area contributed by atoms with Crippen molar-refractivity contribution >= 4 is 11.6 Å². The maximum Gasteiger partial charge on any atom is 0.253 e. The van der Waals surface area contributed by atoms with Crippen LogP contribution in [0.5, 0.6) is 11.5 Å². The molecule has 1 aliphatic rings. The third-order valence-corrected chi connectivity index (χ3v) is 5.16. The molecule has 0 unspecified atom stereocenters. The number of carbonyl (C=O) groups is 1. The maximum absolute atomic E-state index is 12.9. The van der Waals surface area contributed by atoms with Crippen molar-refractivity contribution in [2.24, 2.45) is 0 Å². The number of hydrogen-bond donors (Lipinski definition) is 0. The lowest BCUT2D eigenvalue weighted by atomic mass is 10.1. The Morgan fingerprint density at radius 3 is 2.48 bits per heavy atom. The van der Waals surface area contributed by atoms with Crippen LogP contribution < -0.4 is 9.64 Å². The Hall–Kier alpha value is -3.34. The highest BCUT2D eigenvalue weighted by Gasteiger charge is 2.18. The molecule has 0 aliphatic carbocycles. The van der Waals surface area contributed by atoms with Gasteiger partial charge in [-0.1, -0.05) is 18.2 Å². The van der Waals surface area contributed by atoms with Gasteiger partial charge in [0.05, 0.1) is 6.20 Å². The zero-order chi connectivity index (χ0) is 20.1. The van der Waals surface area contributed by atoms with Gasteiger partial charge in [0.25, 0.3) is 5.91 Å². The van der Waals surface area contributed by atoms with Gasteiger partial charge in [0.1, 0.15) is 11.5 Å². The average Bonchev–Trinajstić information content (AvgIpc) is 3.30. The summed E-state index contributed by atoms with van der Waals surface area (Å²) >= 11 is 0. The van der Waals surface area contributed by atoms with Crippen LogP contribution in [0, 0.1) is 0 Å². The smallest absolute Gasteiger partial charge is 0.253 e. The number of anilines is 1. The van der Waals surface area contributed by atoms with Gasteiger partial charge in [-0.15, -0.1) is 0 Å². The predicted molar refractivity (Wildman–Crippen MR) is 114 cm³/mol. The van der Waals surface area contributed by atoms with E-state index in [0.29, 0.717) is 23.6 Å². The highest BCUT2D eigenvalue weighted by molar-refractivity contribution is 5.94. The topological polar surface area (TPSA) is 45.7 Å². The standard InChI is InChI=1S/C24H25N3O2/c1-26(18-20-7-2-3-9-23(20)27-15-4-5-16-27)24(28)19-10-12-21(13-11-19)29-22-8-6-14-25-17-22/h2-3,6-14,17H,4-5,15-16,18H2,1H3. The van der Waals surface area contributed by atoms with Gasteiger partial charge >= 0.3 is 0 Å². The zero-order valence-electron chi connectivity index (χ0n) is 16.6. The van der Waals surface area contributed by atoms with E-state index in [4.69, 9.17) is 4.74 Å². The second kappa shape index (κ2) is 8.78. The van der Waals surface area contributed by atoms with Crippen molar-refractivity contribution in [2.45, 2.75) is 19.4 Å². The first-order valence-electron chi connectivity index (χ1n) is 9.97. The Kier molecular flexibility index (Phi) is 5.75. The van der Waals surface area contributed by atoms with Gasteiger partial charge in [0.15, 0.2) is 0 Å². The predicted octanol–water partition coefficient (Wildman–Crippen LogP) is 4.75. The van der Waals surface area contributed by atoms with Crippen LogP contribution >= 0.6 is 0 Å². The van der Waals surface area contributed by atoms with E-state index in [1.165, 1.54) is 24.1 Å². The highest BCUT2D eigenvalue weighted by atomic mass is 16.5. The van der Waals surface area contributed by atoms with Gasteiger partial charge in [0, 0.05) is 44.1 Å². The first kappa shape index (κ1) is 19.0. The summed E-state index contributed by atoms with van der Waals surface area (Å²) in [4.78, 5) is 21.1. The molecular weight excluding hydrogens is 362 g/mol. The van der Waals surface area contributed by atoms with Crippen molar-refractivity contribution in [3.05, 3.63) is 84.2 Å². The molecule has 4 rings (SSSR count). The van der Waals surface area contributed by atoms with Gasteiger partial charge < -0.3 is 14.5 Å². The van der Waals surface area contributed by atoms with Crippen LogP contribution in [0.15, 0.2) is 73.1 Å². The molecule has 0 atom stereocenters. The molecule has 148 valence electrons. The van der Waals surface area contributed by atoms with Crippen molar-refractivity contribution in [1.29, 1.82) is 0 Å². The lowest BCUT2D eigenvalue weighted by Gasteiger charge is -2.24. The number of nitrogens with zero attached hydrogens (tertiary/aromatic N) is 3. The molecule has 0 radical (unpaired) electrons. The minimum Gasteiger partial charge on any atom is -0.456 e. The van der Waals surface area contributed by atoms with E-state index in [2.05, 4.69) is 28.1 Å². The molecule has 2 heterocycles. The summed E-state index contributed by atoms with van der Waals surface area (Å²) in [6.45, 7) is 2.76. The van der Waals surface area contributed by atoms with E-state index < -0.39 is 0 Å². The molecule has 1 fully saturated rings. The third-order valence-electron chi connectivity index (χ3n) is 5.16. The maximum atomic E-state index is 12.9. The molecular formula is C24H25N3O2. The van der Waals surface area contributed by atoms with Crippen molar-refractivity contribution in [2.75, 3.05) is 25.0 Å². The third kappa shape index (κ3) is 4.57. The quantitative estimate of drug-likeness (QED) is 0.612. The average molecular weight is 387 g/mol. The Bertz CT molecular complexity index is 951. The molecule has 1 amide bonds. The molecule has 1 aliphatic heterocycles. The van der Waals surface area contributed by atoms with E-state index in [9.17, 15) is 4.79 Å². The molecule has 29 heavy (non-hydrogen) atoms. The summed E-state index contributed by atoms with van der Waals surface area (Å²) in [7, 11) is 1.85. The monoisotopic (exact) mass is 387 g/mol.